The molecule has 1 saturated heterocycles. The quantitative estimate of drug-likeness (QED) is 0.625. The highest BCUT2D eigenvalue weighted by molar-refractivity contribution is 7.89. The maximum Gasteiger partial charge on any atom is 0.251 e. The Morgan fingerprint density at radius 3 is 2.28 bits per heavy atom. The van der Waals surface area contributed by atoms with E-state index in [4.69, 9.17) is 0 Å². The van der Waals surface area contributed by atoms with Crippen molar-refractivity contribution in [1.29, 1.82) is 0 Å². The first kappa shape index (κ1) is 24.4. The van der Waals surface area contributed by atoms with Crippen molar-refractivity contribution in [2.24, 2.45) is 0 Å². The summed E-state index contributed by atoms with van der Waals surface area (Å²) in [5, 5.41) is 3.14. The minimum Gasteiger partial charge on any atom is -0.344 e. The van der Waals surface area contributed by atoms with E-state index in [2.05, 4.69) is 22.2 Å². The summed E-state index contributed by atoms with van der Waals surface area (Å²) in [4.78, 5) is 18.0. The van der Waals surface area contributed by atoms with Crippen molar-refractivity contribution in [3.63, 3.8) is 0 Å². The zero-order valence-electron chi connectivity index (χ0n) is 19.2. The monoisotopic (exact) mass is 458 g/mol. The molecule has 0 radical (unpaired) electrons. The molecule has 0 bridgehead atoms. The zero-order valence-corrected chi connectivity index (χ0v) is 20.0. The predicted molar refractivity (Wildman–Crippen MR) is 127 cm³/mol. The lowest BCUT2D eigenvalue weighted by Gasteiger charge is -2.35. The van der Waals surface area contributed by atoms with Gasteiger partial charge in [-0.15, -0.1) is 0 Å². The second kappa shape index (κ2) is 11.0. The van der Waals surface area contributed by atoms with E-state index < -0.39 is 10.0 Å². The van der Waals surface area contributed by atoms with Crippen LogP contribution in [0.25, 0.3) is 0 Å². The normalized spacial score (nSPS) is 16.8. The molecule has 0 aliphatic carbocycles. The van der Waals surface area contributed by atoms with Crippen LogP contribution in [0.1, 0.15) is 35.8 Å². The number of hydrogen-bond acceptors (Lipinski definition) is 5. The number of likely N-dealkylation sites (N-methyl/N-ethyl adjacent to an activating group) is 1. The lowest BCUT2D eigenvalue weighted by Crippen LogP contribution is -2.47. The van der Waals surface area contributed by atoms with Gasteiger partial charge in [-0.2, -0.15) is 4.31 Å². The molecule has 1 heterocycles. The number of carbonyl (C=O) groups excluding carboxylic acids is 1. The van der Waals surface area contributed by atoms with Crippen LogP contribution in [0.5, 0.6) is 0 Å². The summed E-state index contributed by atoms with van der Waals surface area (Å²) in [7, 11) is -1.51. The Balaban J connectivity index is 1.80. The molecule has 0 aromatic heterocycles. The second-order valence-electron chi connectivity index (χ2n) is 8.16. The van der Waals surface area contributed by atoms with Gasteiger partial charge in [0.05, 0.1) is 10.9 Å². The molecule has 1 aliphatic rings. The molecule has 1 unspecified atom stereocenters. The summed E-state index contributed by atoms with van der Waals surface area (Å²) in [6.45, 7) is 9.00. The molecule has 174 valence electrons. The van der Waals surface area contributed by atoms with E-state index >= 15 is 0 Å². The maximum atomic E-state index is 13.2. The van der Waals surface area contributed by atoms with Crippen molar-refractivity contribution in [2.45, 2.75) is 24.8 Å². The molecule has 1 atom stereocenters. The van der Waals surface area contributed by atoms with Crippen LogP contribution in [0.15, 0.2) is 59.5 Å². The fourth-order valence-electron chi connectivity index (χ4n) is 3.96. The molecule has 7 nitrogen and oxygen atoms in total. The van der Waals surface area contributed by atoms with Crippen LogP contribution in [0.4, 0.5) is 0 Å². The van der Waals surface area contributed by atoms with E-state index in [1.165, 1.54) is 10.4 Å². The van der Waals surface area contributed by atoms with Crippen molar-refractivity contribution >= 4 is 15.9 Å². The number of piperazine rings is 1. The molecule has 1 aliphatic heterocycles. The van der Waals surface area contributed by atoms with Gasteiger partial charge in [-0.05, 0) is 30.8 Å². The van der Waals surface area contributed by atoms with Crippen LogP contribution >= 0.6 is 0 Å². The molecular weight excluding hydrogens is 424 g/mol. The SMILES string of the molecule is CCN(CC)S(=O)(=O)c1cccc(C(=O)NC(CN2CCN(C)CC2)c2ccccc2)c1. The highest BCUT2D eigenvalue weighted by Gasteiger charge is 2.24. The van der Waals surface area contributed by atoms with E-state index in [1.54, 1.807) is 32.0 Å². The molecule has 2 aromatic carbocycles. The predicted octanol–water partition coefficient (Wildman–Crippen LogP) is 2.44. The van der Waals surface area contributed by atoms with Crippen LogP contribution in [0.2, 0.25) is 0 Å². The molecule has 1 fully saturated rings. The molecule has 2 aromatic rings. The summed E-state index contributed by atoms with van der Waals surface area (Å²) in [6, 6.07) is 16.0. The third-order valence-electron chi connectivity index (χ3n) is 5.98. The van der Waals surface area contributed by atoms with Crippen molar-refractivity contribution in [3.8, 4) is 0 Å². The van der Waals surface area contributed by atoms with Crippen LogP contribution < -0.4 is 5.32 Å². The Morgan fingerprint density at radius 2 is 1.66 bits per heavy atom. The fraction of sp³-hybridized carbons (Fsp3) is 0.458. The molecule has 32 heavy (non-hydrogen) atoms. The number of amides is 1. The standard InChI is InChI=1S/C24H34N4O3S/c1-4-28(5-2)32(30,31)22-13-9-12-21(18-22)24(29)25-23(20-10-7-6-8-11-20)19-27-16-14-26(3)15-17-27/h6-13,18,23H,4-5,14-17,19H2,1-3H3,(H,25,29). The topological polar surface area (TPSA) is 73.0 Å². The van der Waals surface area contributed by atoms with E-state index in [9.17, 15) is 13.2 Å². The Hall–Kier alpha value is -2.26. The van der Waals surface area contributed by atoms with Crippen LogP contribution in [-0.4, -0.2) is 81.3 Å². The number of rotatable bonds is 9. The van der Waals surface area contributed by atoms with Gasteiger partial charge < -0.3 is 10.2 Å². The van der Waals surface area contributed by atoms with Crippen LogP contribution in [0.3, 0.4) is 0 Å². The van der Waals surface area contributed by atoms with Crippen molar-refractivity contribution in [3.05, 3.63) is 65.7 Å². The zero-order chi connectivity index (χ0) is 23.1. The van der Waals surface area contributed by atoms with Crippen molar-refractivity contribution in [1.82, 2.24) is 19.4 Å². The molecule has 0 spiro atoms. The van der Waals surface area contributed by atoms with Crippen LogP contribution in [-0.2, 0) is 10.0 Å². The molecule has 3 rings (SSSR count). The first-order valence-corrected chi connectivity index (χ1v) is 12.7. The van der Waals surface area contributed by atoms with Gasteiger partial charge in [0.2, 0.25) is 10.0 Å². The summed E-state index contributed by atoms with van der Waals surface area (Å²) < 4.78 is 27.2. The van der Waals surface area contributed by atoms with Gasteiger partial charge in [0.15, 0.2) is 0 Å². The van der Waals surface area contributed by atoms with Crippen molar-refractivity contribution in [2.75, 3.05) is 52.9 Å². The summed E-state index contributed by atoms with van der Waals surface area (Å²) in [5.74, 6) is -0.274. The van der Waals surface area contributed by atoms with E-state index in [0.29, 0.717) is 25.2 Å². The van der Waals surface area contributed by atoms with Gasteiger partial charge in [0.25, 0.3) is 5.91 Å². The van der Waals surface area contributed by atoms with Gasteiger partial charge in [-0.3, -0.25) is 9.69 Å². The minimum atomic E-state index is -3.63. The number of nitrogens with one attached hydrogen (secondary N) is 1. The minimum absolute atomic E-state index is 0.143. The Labute approximate surface area is 192 Å². The van der Waals surface area contributed by atoms with E-state index in [1.807, 2.05) is 30.3 Å². The van der Waals surface area contributed by atoms with Gasteiger partial charge in [0, 0.05) is 51.4 Å². The average molecular weight is 459 g/mol. The average Bonchev–Trinajstić information content (AvgIpc) is 2.81. The Bertz CT molecular complexity index is 985. The molecule has 0 saturated carbocycles. The largest absolute Gasteiger partial charge is 0.344 e. The molecule has 8 heteroatoms. The molecule has 1 amide bonds. The van der Waals surface area contributed by atoms with Gasteiger partial charge >= 0.3 is 0 Å². The fourth-order valence-corrected chi connectivity index (χ4v) is 5.46. The first-order chi connectivity index (χ1) is 15.3. The highest BCUT2D eigenvalue weighted by atomic mass is 32.2. The number of carbonyl (C=O) groups is 1. The van der Waals surface area contributed by atoms with Gasteiger partial charge in [0.1, 0.15) is 0 Å². The number of sulfonamides is 1. The third-order valence-corrected chi connectivity index (χ3v) is 8.03. The van der Waals surface area contributed by atoms with Gasteiger partial charge in [-0.1, -0.05) is 50.2 Å². The maximum absolute atomic E-state index is 13.2. The first-order valence-electron chi connectivity index (χ1n) is 11.2. The number of nitrogens with zero attached hydrogens (tertiary/aromatic N) is 3. The van der Waals surface area contributed by atoms with Crippen LogP contribution in [0, 0.1) is 0 Å². The highest BCUT2D eigenvalue weighted by Crippen LogP contribution is 2.19. The number of hydrogen-bond donors (Lipinski definition) is 1. The summed E-state index contributed by atoms with van der Waals surface area (Å²) in [6.07, 6.45) is 0. The second-order valence-corrected chi connectivity index (χ2v) is 10.1. The number of benzene rings is 2. The lowest BCUT2D eigenvalue weighted by molar-refractivity contribution is 0.0907. The molecule has 1 N–H and O–H groups in total. The summed E-state index contributed by atoms with van der Waals surface area (Å²) in [5.41, 5.74) is 1.38. The summed E-state index contributed by atoms with van der Waals surface area (Å²) >= 11 is 0. The van der Waals surface area contributed by atoms with Crippen molar-refractivity contribution < 1.29 is 13.2 Å². The Morgan fingerprint density at radius 1 is 1.00 bits per heavy atom. The van der Waals surface area contributed by atoms with E-state index in [0.717, 1.165) is 31.7 Å². The smallest absolute Gasteiger partial charge is 0.251 e. The third kappa shape index (κ3) is 5.95. The van der Waals surface area contributed by atoms with Gasteiger partial charge in [-0.25, -0.2) is 8.42 Å². The lowest BCUT2D eigenvalue weighted by atomic mass is 10.0. The Kier molecular flexibility index (Phi) is 8.42. The molecular formula is C24H34N4O3S. The van der Waals surface area contributed by atoms with E-state index in [-0.39, 0.29) is 16.8 Å².